The minimum absolute atomic E-state index is 0.0181. The SMILES string of the molecule is C=CCCCCCN(C)C(=NC)NCc1cccnc1N1CCC(C(N)=O)CC1. The maximum atomic E-state index is 11.4. The van der Waals surface area contributed by atoms with Gasteiger partial charge in [-0.3, -0.25) is 9.79 Å². The van der Waals surface area contributed by atoms with Gasteiger partial charge in [0.15, 0.2) is 5.96 Å². The molecular weight excluding hydrogens is 364 g/mol. The Morgan fingerprint density at radius 1 is 1.41 bits per heavy atom. The Morgan fingerprint density at radius 3 is 2.83 bits per heavy atom. The van der Waals surface area contributed by atoms with E-state index in [2.05, 4.69) is 44.8 Å². The zero-order chi connectivity index (χ0) is 21.1. The van der Waals surface area contributed by atoms with Crippen molar-refractivity contribution in [2.45, 2.75) is 45.1 Å². The van der Waals surface area contributed by atoms with Crippen LogP contribution in [0, 0.1) is 5.92 Å². The van der Waals surface area contributed by atoms with Gasteiger partial charge in [-0.15, -0.1) is 6.58 Å². The fourth-order valence-corrected chi connectivity index (χ4v) is 3.71. The minimum Gasteiger partial charge on any atom is -0.369 e. The van der Waals surface area contributed by atoms with Crippen molar-refractivity contribution in [1.29, 1.82) is 0 Å². The number of aromatic nitrogens is 1. The number of pyridine rings is 1. The van der Waals surface area contributed by atoms with E-state index in [1.165, 1.54) is 12.8 Å². The van der Waals surface area contributed by atoms with Gasteiger partial charge in [0, 0.05) is 58.0 Å². The zero-order valence-electron chi connectivity index (χ0n) is 17.9. The fraction of sp³-hybridized carbons (Fsp3) is 0.591. The fourth-order valence-electron chi connectivity index (χ4n) is 3.71. The first-order chi connectivity index (χ1) is 14.1. The molecule has 1 saturated heterocycles. The van der Waals surface area contributed by atoms with E-state index in [0.717, 1.165) is 62.7 Å². The summed E-state index contributed by atoms with van der Waals surface area (Å²) >= 11 is 0. The quantitative estimate of drug-likeness (QED) is 0.273. The van der Waals surface area contributed by atoms with Crippen molar-refractivity contribution in [2.24, 2.45) is 16.6 Å². The first-order valence-corrected chi connectivity index (χ1v) is 10.6. The molecule has 0 aromatic carbocycles. The maximum Gasteiger partial charge on any atom is 0.220 e. The van der Waals surface area contributed by atoms with Gasteiger partial charge in [-0.05, 0) is 38.2 Å². The van der Waals surface area contributed by atoms with Crippen molar-refractivity contribution >= 4 is 17.7 Å². The Morgan fingerprint density at radius 2 is 2.17 bits per heavy atom. The number of hydrogen-bond acceptors (Lipinski definition) is 4. The number of hydrogen-bond donors (Lipinski definition) is 2. The van der Waals surface area contributed by atoms with Gasteiger partial charge in [-0.1, -0.05) is 18.6 Å². The number of unbranched alkanes of at least 4 members (excludes halogenated alkanes) is 3. The number of nitrogens with one attached hydrogen (secondary N) is 1. The molecule has 0 bridgehead atoms. The number of nitrogens with two attached hydrogens (primary N) is 1. The predicted molar refractivity (Wildman–Crippen MR) is 120 cm³/mol. The molecule has 7 nitrogen and oxygen atoms in total. The van der Waals surface area contributed by atoms with Gasteiger partial charge in [0.05, 0.1) is 0 Å². The molecule has 160 valence electrons. The number of anilines is 1. The molecule has 7 heteroatoms. The molecule has 2 heterocycles. The molecule has 29 heavy (non-hydrogen) atoms. The number of primary amides is 1. The highest BCUT2D eigenvalue weighted by atomic mass is 16.1. The average Bonchev–Trinajstić information content (AvgIpc) is 2.74. The third kappa shape index (κ3) is 7.07. The van der Waals surface area contributed by atoms with Crippen LogP contribution in [0.2, 0.25) is 0 Å². The molecule has 0 saturated carbocycles. The van der Waals surface area contributed by atoms with E-state index in [1.807, 2.05) is 25.4 Å². The summed E-state index contributed by atoms with van der Waals surface area (Å²) in [6.07, 6.45) is 9.98. The Hall–Kier alpha value is -2.57. The Balaban J connectivity index is 1.89. The van der Waals surface area contributed by atoms with Gasteiger partial charge in [0.1, 0.15) is 5.82 Å². The van der Waals surface area contributed by atoms with E-state index in [4.69, 9.17) is 5.73 Å². The topological polar surface area (TPSA) is 86.8 Å². The average molecular weight is 401 g/mol. The number of carbonyl (C=O) groups excluding carboxylic acids is 1. The standard InChI is InChI=1S/C22H36N6O/c1-4-5-6-7-8-14-27(3)22(24-2)26-17-19-10-9-13-25-21(19)28-15-11-18(12-16-28)20(23)29/h4,9-10,13,18H,1,5-8,11-12,14-17H2,2-3H3,(H2,23,29)(H,24,26). The van der Waals surface area contributed by atoms with Crippen LogP contribution in [0.1, 0.15) is 44.1 Å². The first kappa shape index (κ1) is 22.7. The molecule has 0 unspecified atom stereocenters. The van der Waals surface area contributed by atoms with Gasteiger partial charge >= 0.3 is 0 Å². The van der Waals surface area contributed by atoms with Crippen LogP contribution in [-0.4, -0.2) is 55.5 Å². The van der Waals surface area contributed by atoms with E-state index in [0.29, 0.717) is 6.54 Å². The third-order valence-electron chi connectivity index (χ3n) is 5.48. The van der Waals surface area contributed by atoms with Crippen molar-refractivity contribution in [1.82, 2.24) is 15.2 Å². The molecular formula is C22H36N6O. The lowest BCUT2D eigenvalue weighted by atomic mass is 9.96. The molecule has 1 fully saturated rings. The van der Waals surface area contributed by atoms with E-state index >= 15 is 0 Å². The molecule has 1 aliphatic rings. The van der Waals surface area contributed by atoms with Crippen LogP contribution >= 0.6 is 0 Å². The van der Waals surface area contributed by atoms with Gasteiger partial charge < -0.3 is 20.9 Å². The summed E-state index contributed by atoms with van der Waals surface area (Å²) < 4.78 is 0. The Kier molecular flexibility index (Phi) is 9.47. The lowest BCUT2D eigenvalue weighted by molar-refractivity contribution is -0.122. The van der Waals surface area contributed by atoms with E-state index < -0.39 is 0 Å². The minimum atomic E-state index is -0.191. The Bertz CT molecular complexity index is 682. The van der Waals surface area contributed by atoms with Crippen molar-refractivity contribution in [2.75, 3.05) is 38.6 Å². The van der Waals surface area contributed by atoms with E-state index in [-0.39, 0.29) is 11.8 Å². The van der Waals surface area contributed by atoms with Crippen molar-refractivity contribution in [3.05, 3.63) is 36.5 Å². The van der Waals surface area contributed by atoms with E-state index in [9.17, 15) is 4.79 Å². The number of guanidine groups is 1. The number of aliphatic imine (C=N–C) groups is 1. The summed E-state index contributed by atoms with van der Waals surface area (Å²) in [6, 6.07) is 4.06. The highest BCUT2D eigenvalue weighted by molar-refractivity contribution is 5.79. The van der Waals surface area contributed by atoms with Crippen molar-refractivity contribution in [3.8, 4) is 0 Å². The van der Waals surface area contributed by atoms with Crippen LogP contribution < -0.4 is 16.0 Å². The summed E-state index contributed by atoms with van der Waals surface area (Å²) in [5.41, 5.74) is 6.59. The van der Waals surface area contributed by atoms with Crippen LogP contribution in [0.25, 0.3) is 0 Å². The van der Waals surface area contributed by atoms with Gasteiger partial charge in [-0.2, -0.15) is 0 Å². The first-order valence-electron chi connectivity index (χ1n) is 10.6. The largest absolute Gasteiger partial charge is 0.369 e. The lowest BCUT2D eigenvalue weighted by Crippen LogP contribution is -2.41. The number of amides is 1. The lowest BCUT2D eigenvalue weighted by Gasteiger charge is -2.32. The van der Waals surface area contributed by atoms with Crippen molar-refractivity contribution in [3.63, 3.8) is 0 Å². The van der Waals surface area contributed by atoms with Gasteiger partial charge in [-0.25, -0.2) is 4.98 Å². The Labute approximate surface area is 175 Å². The highest BCUT2D eigenvalue weighted by Crippen LogP contribution is 2.24. The molecule has 0 spiro atoms. The number of carbonyl (C=O) groups is 1. The molecule has 2 rings (SSSR count). The molecule has 0 aliphatic carbocycles. The molecule has 3 N–H and O–H groups in total. The summed E-state index contributed by atoms with van der Waals surface area (Å²) in [6.45, 7) is 7.01. The molecule has 1 aromatic rings. The summed E-state index contributed by atoms with van der Waals surface area (Å²) in [5.74, 6) is 1.65. The third-order valence-corrected chi connectivity index (χ3v) is 5.48. The van der Waals surface area contributed by atoms with Crippen LogP contribution in [0.15, 0.2) is 36.0 Å². The smallest absolute Gasteiger partial charge is 0.220 e. The van der Waals surface area contributed by atoms with Gasteiger partial charge in [0.25, 0.3) is 0 Å². The predicted octanol–water partition coefficient (Wildman–Crippen LogP) is 2.54. The maximum absolute atomic E-state index is 11.4. The number of piperidine rings is 1. The summed E-state index contributed by atoms with van der Waals surface area (Å²) in [7, 11) is 3.89. The van der Waals surface area contributed by atoms with Gasteiger partial charge in [0.2, 0.25) is 5.91 Å². The second kappa shape index (κ2) is 12.1. The van der Waals surface area contributed by atoms with Crippen LogP contribution in [-0.2, 0) is 11.3 Å². The van der Waals surface area contributed by atoms with Crippen LogP contribution in [0.5, 0.6) is 0 Å². The monoisotopic (exact) mass is 400 g/mol. The molecule has 1 amide bonds. The molecule has 1 aliphatic heterocycles. The van der Waals surface area contributed by atoms with Crippen molar-refractivity contribution < 1.29 is 4.79 Å². The highest BCUT2D eigenvalue weighted by Gasteiger charge is 2.25. The van der Waals surface area contributed by atoms with E-state index in [1.54, 1.807) is 0 Å². The number of nitrogens with zero attached hydrogens (tertiary/aromatic N) is 4. The zero-order valence-corrected chi connectivity index (χ0v) is 17.9. The second-order valence-electron chi connectivity index (χ2n) is 7.61. The normalized spacial score (nSPS) is 15.2. The number of allylic oxidation sites excluding steroid dienone is 1. The second-order valence-corrected chi connectivity index (χ2v) is 7.61. The summed E-state index contributed by atoms with van der Waals surface area (Å²) in [4.78, 5) is 24.9. The molecule has 0 atom stereocenters. The molecule has 0 radical (unpaired) electrons. The number of rotatable bonds is 10. The van der Waals surface area contributed by atoms with Crippen LogP contribution in [0.4, 0.5) is 5.82 Å². The molecule has 1 aromatic heterocycles. The summed E-state index contributed by atoms with van der Waals surface area (Å²) in [5, 5.41) is 3.46. The van der Waals surface area contributed by atoms with Crippen LogP contribution in [0.3, 0.4) is 0 Å².